The van der Waals surface area contributed by atoms with Crippen molar-refractivity contribution < 1.29 is 9.57 Å². The number of aromatic nitrogens is 2. The number of halogens is 1. The van der Waals surface area contributed by atoms with Gasteiger partial charge in [-0.25, -0.2) is 0 Å². The lowest BCUT2D eigenvalue weighted by atomic mass is 10.1. The molecule has 0 radical (unpaired) electrons. The van der Waals surface area contributed by atoms with Crippen LogP contribution in [-0.2, 0) is 11.4 Å². The van der Waals surface area contributed by atoms with Crippen LogP contribution in [0.5, 0.6) is 5.75 Å². The van der Waals surface area contributed by atoms with Crippen molar-refractivity contribution in [1.82, 2.24) is 10.2 Å². The number of anilines is 2. The quantitative estimate of drug-likeness (QED) is 0.586. The molecule has 8 heteroatoms. The van der Waals surface area contributed by atoms with E-state index >= 15 is 0 Å². The predicted molar refractivity (Wildman–Crippen MR) is 121 cm³/mol. The number of rotatable bonds is 6. The zero-order valence-electron chi connectivity index (χ0n) is 17.1. The third kappa shape index (κ3) is 4.26. The molecule has 0 bridgehead atoms. The van der Waals surface area contributed by atoms with Crippen LogP contribution in [0.1, 0.15) is 18.4 Å². The molecule has 1 N–H and O–H groups in total. The topological polar surface area (TPSA) is 71.9 Å². The summed E-state index contributed by atoms with van der Waals surface area (Å²) in [7, 11) is 3.19. The zero-order valence-corrected chi connectivity index (χ0v) is 17.8. The van der Waals surface area contributed by atoms with Crippen LogP contribution in [0.25, 0.3) is 10.8 Å². The van der Waals surface area contributed by atoms with Crippen LogP contribution in [0.3, 0.4) is 0 Å². The van der Waals surface area contributed by atoms with Crippen molar-refractivity contribution in [3.05, 3.63) is 53.1 Å². The number of nitrogens with one attached hydrogen (secondary N) is 1. The first-order chi connectivity index (χ1) is 14.7. The van der Waals surface area contributed by atoms with Gasteiger partial charge in [0.15, 0.2) is 11.6 Å². The fourth-order valence-corrected chi connectivity index (χ4v) is 3.94. The third-order valence-electron chi connectivity index (χ3n) is 5.20. The molecule has 1 aliphatic rings. The van der Waals surface area contributed by atoms with E-state index in [1.54, 1.807) is 14.2 Å². The molecule has 0 aliphatic carbocycles. The van der Waals surface area contributed by atoms with Crippen LogP contribution < -0.4 is 15.0 Å². The van der Waals surface area contributed by atoms with Crippen molar-refractivity contribution in [2.24, 2.45) is 5.16 Å². The summed E-state index contributed by atoms with van der Waals surface area (Å²) < 4.78 is 5.22. The van der Waals surface area contributed by atoms with Crippen LogP contribution in [0.15, 0.2) is 47.6 Å². The number of hydrogen-bond acceptors (Lipinski definition) is 7. The second kappa shape index (κ2) is 9.17. The minimum Gasteiger partial charge on any atom is -0.495 e. The normalized spacial score (nSPS) is 14.0. The molecule has 2 aromatic carbocycles. The highest BCUT2D eigenvalue weighted by atomic mass is 35.5. The van der Waals surface area contributed by atoms with E-state index in [1.807, 2.05) is 30.3 Å². The van der Waals surface area contributed by atoms with Crippen molar-refractivity contribution in [3.8, 4) is 5.75 Å². The van der Waals surface area contributed by atoms with Gasteiger partial charge < -0.3 is 19.8 Å². The van der Waals surface area contributed by atoms with Crippen LogP contribution in [0.2, 0.25) is 5.02 Å². The Labute approximate surface area is 180 Å². The lowest BCUT2D eigenvalue weighted by Crippen LogP contribution is -2.34. The molecule has 0 spiro atoms. The number of methoxy groups -OCH3 is 1. The smallest absolute Gasteiger partial charge is 0.159 e. The number of hydrogen-bond donors (Lipinski definition) is 1. The van der Waals surface area contributed by atoms with Gasteiger partial charge in [-0.15, -0.1) is 10.2 Å². The summed E-state index contributed by atoms with van der Waals surface area (Å²) in [6.45, 7) is 2.28. The number of benzene rings is 2. The van der Waals surface area contributed by atoms with Gasteiger partial charge in [0, 0.05) is 43.2 Å². The van der Waals surface area contributed by atoms with Gasteiger partial charge >= 0.3 is 0 Å². The minimum absolute atomic E-state index is 0.586. The Bertz CT molecular complexity index is 1060. The molecule has 1 fully saturated rings. The van der Waals surface area contributed by atoms with E-state index in [0.717, 1.165) is 59.6 Å². The van der Waals surface area contributed by atoms with Gasteiger partial charge in [0.1, 0.15) is 12.9 Å². The van der Waals surface area contributed by atoms with Crippen molar-refractivity contribution >= 4 is 39.7 Å². The summed E-state index contributed by atoms with van der Waals surface area (Å²) in [6.07, 6.45) is 1.73. The number of nitrogens with zero attached hydrogens (tertiary/aromatic N) is 4. The number of fused-ring (bicyclic) bond motifs is 1. The summed E-state index contributed by atoms with van der Waals surface area (Å²) >= 11 is 6.24. The average molecular weight is 426 g/mol. The second-order valence-electron chi connectivity index (χ2n) is 7.07. The number of oxime groups is 1. The average Bonchev–Trinajstić information content (AvgIpc) is 2.78. The monoisotopic (exact) mass is 425 g/mol. The number of piperidine rings is 1. The van der Waals surface area contributed by atoms with E-state index < -0.39 is 0 Å². The molecule has 0 unspecified atom stereocenters. The van der Waals surface area contributed by atoms with Crippen LogP contribution >= 0.6 is 11.6 Å². The predicted octanol–water partition coefficient (Wildman–Crippen LogP) is 4.51. The molecular formula is C22H24ClN5O2. The molecule has 0 saturated carbocycles. The summed E-state index contributed by atoms with van der Waals surface area (Å²) in [5, 5.41) is 19.2. The van der Waals surface area contributed by atoms with E-state index in [9.17, 15) is 0 Å². The highest BCUT2D eigenvalue weighted by Gasteiger charge is 2.20. The lowest BCUT2D eigenvalue weighted by Gasteiger charge is -2.29. The standard InChI is InChI=1S/C22H24ClN5O2/c1-29-20-8-7-15(13-19(20)23)14-24-21-17-5-3-4-6-18(17)22(26-25-21)28-11-9-16(10-12-28)27-30-2/h3-8,13H,9-12,14H2,1-2H3,(H,24,25). The lowest BCUT2D eigenvalue weighted by molar-refractivity contribution is 0.211. The molecule has 1 saturated heterocycles. The molecule has 7 nitrogen and oxygen atoms in total. The summed E-state index contributed by atoms with van der Waals surface area (Å²) in [5.41, 5.74) is 2.12. The van der Waals surface area contributed by atoms with Crippen molar-refractivity contribution in [3.63, 3.8) is 0 Å². The fourth-order valence-electron chi connectivity index (χ4n) is 3.66. The minimum atomic E-state index is 0.586. The maximum absolute atomic E-state index is 6.24. The van der Waals surface area contributed by atoms with Gasteiger partial charge in [-0.05, 0) is 17.7 Å². The highest BCUT2D eigenvalue weighted by Crippen LogP contribution is 2.30. The Kier molecular flexibility index (Phi) is 6.18. The molecular weight excluding hydrogens is 402 g/mol. The third-order valence-corrected chi connectivity index (χ3v) is 5.50. The Morgan fingerprint density at radius 1 is 1.07 bits per heavy atom. The molecule has 30 heavy (non-hydrogen) atoms. The van der Waals surface area contributed by atoms with Crippen LogP contribution in [-0.4, -0.2) is 43.2 Å². The number of ether oxygens (including phenoxy) is 1. The summed E-state index contributed by atoms with van der Waals surface area (Å²) in [5.74, 6) is 2.32. The van der Waals surface area contributed by atoms with Gasteiger partial charge in [0.25, 0.3) is 0 Å². The van der Waals surface area contributed by atoms with Crippen molar-refractivity contribution in [1.29, 1.82) is 0 Å². The Balaban J connectivity index is 1.55. The van der Waals surface area contributed by atoms with Crippen molar-refractivity contribution in [2.45, 2.75) is 19.4 Å². The van der Waals surface area contributed by atoms with Gasteiger partial charge in [-0.2, -0.15) is 0 Å². The Morgan fingerprint density at radius 3 is 2.53 bits per heavy atom. The zero-order chi connectivity index (χ0) is 20.9. The summed E-state index contributed by atoms with van der Waals surface area (Å²) in [6, 6.07) is 13.9. The molecule has 1 aromatic heterocycles. The molecule has 4 rings (SSSR count). The van der Waals surface area contributed by atoms with Gasteiger partial charge in [0.05, 0.1) is 17.8 Å². The SMILES string of the molecule is CON=C1CCN(c2nnc(NCc3ccc(OC)c(Cl)c3)c3ccccc23)CC1. The van der Waals surface area contributed by atoms with Gasteiger partial charge in [-0.3, -0.25) is 0 Å². The largest absolute Gasteiger partial charge is 0.495 e. The molecule has 1 aliphatic heterocycles. The van der Waals surface area contributed by atoms with Crippen LogP contribution in [0.4, 0.5) is 11.6 Å². The van der Waals surface area contributed by atoms with Gasteiger partial charge in [-0.1, -0.05) is 47.1 Å². The highest BCUT2D eigenvalue weighted by molar-refractivity contribution is 6.32. The van der Waals surface area contributed by atoms with Crippen molar-refractivity contribution in [2.75, 3.05) is 37.5 Å². The maximum Gasteiger partial charge on any atom is 0.159 e. The molecule has 2 heterocycles. The first-order valence-electron chi connectivity index (χ1n) is 9.85. The first kappa shape index (κ1) is 20.2. The second-order valence-corrected chi connectivity index (χ2v) is 7.47. The summed E-state index contributed by atoms with van der Waals surface area (Å²) in [4.78, 5) is 7.17. The molecule has 156 valence electrons. The molecule has 0 atom stereocenters. The van der Waals surface area contributed by atoms with E-state index in [4.69, 9.17) is 21.2 Å². The van der Waals surface area contributed by atoms with E-state index in [0.29, 0.717) is 17.3 Å². The van der Waals surface area contributed by atoms with E-state index in [-0.39, 0.29) is 0 Å². The molecule has 0 amide bonds. The van der Waals surface area contributed by atoms with E-state index in [1.165, 1.54) is 0 Å². The maximum atomic E-state index is 6.24. The molecule has 3 aromatic rings. The van der Waals surface area contributed by atoms with Crippen LogP contribution in [0, 0.1) is 0 Å². The fraction of sp³-hybridized carbons (Fsp3) is 0.318. The Morgan fingerprint density at radius 2 is 1.83 bits per heavy atom. The Hall–Kier alpha value is -3.06. The van der Waals surface area contributed by atoms with E-state index in [2.05, 4.69) is 37.7 Å². The van der Waals surface area contributed by atoms with Gasteiger partial charge in [0.2, 0.25) is 0 Å². The first-order valence-corrected chi connectivity index (χ1v) is 10.2.